The summed E-state index contributed by atoms with van der Waals surface area (Å²) in [5.74, 6) is 2.77. The highest BCUT2D eigenvalue weighted by Crippen LogP contribution is 2.59. The van der Waals surface area contributed by atoms with Crippen LogP contribution in [0.25, 0.3) is 11.1 Å². The molecule has 0 bridgehead atoms. The molecule has 0 fully saturated rings. The van der Waals surface area contributed by atoms with Crippen molar-refractivity contribution in [2.45, 2.75) is 50.1 Å². The molecule has 0 spiro atoms. The number of rotatable bonds is 11. The van der Waals surface area contributed by atoms with Crippen molar-refractivity contribution < 1.29 is 29.2 Å². The average Bonchev–Trinajstić information content (AvgIpc) is 3.17. The molecule has 0 radical (unpaired) electrons. The fraction of sp³-hybridized carbons (Fsp3) is 0.217. The van der Waals surface area contributed by atoms with E-state index < -0.39 is 23.4 Å². The van der Waals surface area contributed by atoms with Gasteiger partial charge >= 0.3 is 0 Å². The third-order valence-corrected chi connectivity index (χ3v) is 11.6. The molecule has 0 unspecified atom stereocenters. The van der Waals surface area contributed by atoms with Crippen LogP contribution in [0.3, 0.4) is 0 Å². The van der Waals surface area contributed by atoms with Gasteiger partial charge < -0.3 is 29.2 Å². The van der Waals surface area contributed by atoms with Gasteiger partial charge in [0.1, 0.15) is 23.0 Å². The van der Waals surface area contributed by atoms with E-state index in [0.717, 1.165) is 53.5 Å². The van der Waals surface area contributed by atoms with Crippen LogP contribution in [-0.4, -0.2) is 35.6 Å². The summed E-state index contributed by atoms with van der Waals surface area (Å²) in [6.45, 7) is 4.11. The molecule has 6 nitrogen and oxygen atoms in total. The van der Waals surface area contributed by atoms with E-state index in [1.54, 1.807) is 13.8 Å². The van der Waals surface area contributed by atoms with Crippen molar-refractivity contribution in [3.8, 4) is 34.1 Å². The van der Waals surface area contributed by atoms with Crippen LogP contribution in [0.2, 0.25) is 0 Å². The maximum Gasteiger partial charge on any atom is 0.151 e. The lowest BCUT2D eigenvalue weighted by Gasteiger charge is -2.44. The van der Waals surface area contributed by atoms with Gasteiger partial charge in [0.25, 0.3) is 0 Å². The molecule has 8 rings (SSSR count). The van der Waals surface area contributed by atoms with Crippen LogP contribution in [0.5, 0.6) is 23.0 Å². The molecule has 0 saturated carbocycles. The second-order valence-electron chi connectivity index (χ2n) is 13.8. The van der Waals surface area contributed by atoms with E-state index in [1.165, 1.54) is 0 Å². The molecule has 54 heavy (non-hydrogen) atoms. The molecule has 0 aromatic heterocycles. The largest absolute Gasteiger partial charge is 0.457 e. The molecule has 6 aromatic carbocycles. The van der Waals surface area contributed by atoms with Gasteiger partial charge in [0.15, 0.2) is 11.2 Å². The summed E-state index contributed by atoms with van der Waals surface area (Å²) in [5.41, 5.74) is 4.65. The Morgan fingerprint density at radius 1 is 0.463 bits per heavy atom. The fourth-order valence-electron chi connectivity index (χ4n) is 7.87. The van der Waals surface area contributed by atoms with E-state index in [-0.39, 0.29) is 13.2 Å². The van der Waals surface area contributed by atoms with Crippen molar-refractivity contribution in [2.75, 3.05) is 13.2 Å². The Balaban J connectivity index is 1.48. The first-order valence-corrected chi connectivity index (χ1v) is 19.8. The van der Waals surface area contributed by atoms with E-state index in [0.29, 0.717) is 35.8 Å². The van der Waals surface area contributed by atoms with Gasteiger partial charge in [-0.05, 0) is 63.1 Å². The third-order valence-electron chi connectivity index (χ3n) is 10.2. The average molecular weight is 849 g/mol. The summed E-state index contributed by atoms with van der Waals surface area (Å²) in [7, 11) is 0. The number of aliphatic hydroxyl groups is 2. The number of benzene rings is 6. The monoisotopic (exact) mass is 846 g/mol. The third kappa shape index (κ3) is 6.19. The van der Waals surface area contributed by atoms with E-state index in [2.05, 4.69) is 80.4 Å². The van der Waals surface area contributed by atoms with Crippen LogP contribution in [0.15, 0.2) is 142 Å². The molecule has 274 valence electrons. The zero-order valence-electron chi connectivity index (χ0n) is 30.0. The van der Waals surface area contributed by atoms with Crippen LogP contribution >= 0.6 is 31.9 Å². The summed E-state index contributed by atoms with van der Waals surface area (Å²) in [6, 6.07) is 44.4. The molecular weight excluding hydrogens is 808 g/mol. The summed E-state index contributed by atoms with van der Waals surface area (Å²) in [4.78, 5) is 0. The normalized spacial score (nSPS) is 15.7. The van der Waals surface area contributed by atoms with Crippen LogP contribution in [0.1, 0.15) is 60.1 Å². The van der Waals surface area contributed by atoms with Gasteiger partial charge in [0, 0.05) is 53.5 Å². The minimum Gasteiger partial charge on any atom is -0.457 e. The van der Waals surface area contributed by atoms with Gasteiger partial charge in [0.2, 0.25) is 0 Å². The van der Waals surface area contributed by atoms with Gasteiger partial charge in [-0.2, -0.15) is 0 Å². The maximum absolute atomic E-state index is 10.5. The van der Waals surface area contributed by atoms with Crippen molar-refractivity contribution in [1.29, 1.82) is 0 Å². The molecule has 0 saturated heterocycles. The number of aliphatic hydroxyl groups excluding tert-OH is 2. The zero-order valence-corrected chi connectivity index (χ0v) is 33.1. The zero-order chi connectivity index (χ0) is 37.5. The molecule has 2 atom stereocenters. The predicted octanol–water partition coefficient (Wildman–Crippen LogP) is 11.2. The van der Waals surface area contributed by atoms with Gasteiger partial charge in [-0.3, -0.25) is 0 Å². The number of halogens is 2. The van der Waals surface area contributed by atoms with Crippen molar-refractivity contribution in [3.05, 3.63) is 176 Å². The van der Waals surface area contributed by atoms with Gasteiger partial charge in [-0.1, -0.05) is 129 Å². The molecule has 0 aliphatic carbocycles. The highest BCUT2D eigenvalue weighted by atomic mass is 79.9. The van der Waals surface area contributed by atoms with E-state index in [9.17, 15) is 10.2 Å². The molecule has 2 heterocycles. The molecular formula is C46H40Br2O6. The van der Waals surface area contributed by atoms with Crippen LogP contribution in [0.4, 0.5) is 0 Å². The summed E-state index contributed by atoms with van der Waals surface area (Å²) in [6.07, 6.45) is -0.248. The molecule has 8 heteroatoms. The number of ether oxygens (including phenoxy) is 4. The van der Waals surface area contributed by atoms with E-state index in [4.69, 9.17) is 18.9 Å². The minimum atomic E-state index is -1.15. The molecule has 6 aromatic rings. The van der Waals surface area contributed by atoms with Crippen molar-refractivity contribution in [3.63, 3.8) is 0 Å². The Kier molecular flexibility index (Phi) is 10.3. The topological polar surface area (TPSA) is 77.4 Å². The summed E-state index contributed by atoms with van der Waals surface area (Å²) >= 11 is 8.09. The van der Waals surface area contributed by atoms with Crippen molar-refractivity contribution in [1.82, 2.24) is 0 Å². The van der Waals surface area contributed by atoms with Crippen LogP contribution in [-0.2, 0) is 20.7 Å². The number of fused-ring (bicyclic) bond motifs is 4. The smallest absolute Gasteiger partial charge is 0.151 e. The van der Waals surface area contributed by atoms with Crippen LogP contribution < -0.4 is 9.47 Å². The Bertz CT molecular complexity index is 2060. The number of hydrogen-bond donors (Lipinski definition) is 2. The van der Waals surface area contributed by atoms with Gasteiger partial charge in [-0.25, -0.2) is 0 Å². The quantitative estimate of drug-likeness (QED) is 0.135. The van der Waals surface area contributed by atoms with E-state index in [1.807, 2.05) is 84.9 Å². The maximum atomic E-state index is 10.5. The lowest BCUT2D eigenvalue weighted by molar-refractivity contribution is -0.00941. The van der Waals surface area contributed by atoms with Crippen molar-refractivity contribution in [2.24, 2.45) is 0 Å². The Hall–Kier alpha value is -4.28. The first-order valence-electron chi connectivity index (χ1n) is 18.2. The highest BCUT2D eigenvalue weighted by molar-refractivity contribution is 9.11. The second kappa shape index (κ2) is 15.1. The predicted molar refractivity (Wildman–Crippen MR) is 217 cm³/mol. The Labute approximate surface area is 332 Å². The first-order chi connectivity index (χ1) is 26.3. The lowest BCUT2D eigenvalue weighted by Crippen LogP contribution is -2.38. The highest BCUT2D eigenvalue weighted by Gasteiger charge is 2.50. The van der Waals surface area contributed by atoms with Crippen molar-refractivity contribution >= 4 is 31.9 Å². The molecule has 2 aliphatic rings. The SMILES string of the molecule is C[C@H](O)CCOC1(c2cccc(Br)c2-c2c(Br)cccc2C2(OCC[C@H](C)O)c3ccccc3Oc3ccccc32)c2ccccc2Oc2ccccc21. The molecule has 2 N–H and O–H groups in total. The van der Waals surface area contributed by atoms with E-state index >= 15 is 0 Å². The number of hydrogen-bond acceptors (Lipinski definition) is 6. The fourth-order valence-corrected chi connectivity index (χ4v) is 9.00. The lowest BCUT2D eigenvalue weighted by atomic mass is 9.71. The van der Waals surface area contributed by atoms with Gasteiger partial charge in [-0.15, -0.1) is 0 Å². The molecule has 0 amide bonds. The van der Waals surface area contributed by atoms with Gasteiger partial charge in [0.05, 0.1) is 25.4 Å². The standard InChI is InChI=1S/C46H40Br2O6/c1-29(49)25-27-51-45(31-13-3-7-21-39(31)53-40-22-8-4-14-32(40)45)35-17-11-19-37(47)43(35)44-36(18-12-20-38(44)48)46(52-28-26-30(2)50)33-15-5-9-23-41(33)54-42-24-10-6-16-34(42)46/h3-24,29-30,49-50H,25-28H2,1-2H3/t29-,30-/m0/s1. The Morgan fingerprint density at radius 2 is 0.759 bits per heavy atom. The molecule has 2 aliphatic heterocycles. The summed E-state index contributed by atoms with van der Waals surface area (Å²) in [5, 5.41) is 20.9. The minimum absolute atomic E-state index is 0.277. The Morgan fingerprint density at radius 3 is 1.07 bits per heavy atom. The first kappa shape index (κ1) is 36.7. The number of para-hydroxylation sites is 4. The second-order valence-corrected chi connectivity index (χ2v) is 15.6. The summed E-state index contributed by atoms with van der Waals surface area (Å²) < 4.78 is 29.3. The van der Waals surface area contributed by atoms with Crippen LogP contribution in [0, 0.1) is 0 Å².